The Bertz CT molecular complexity index is 996. The summed E-state index contributed by atoms with van der Waals surface area (Å²) in [4.78, 5) is 26.2. The van der Waals surface area contributed by atoms with E-state index in [-0.39, 0.29) is 23.8 Å². The monoisotopic (exact) mass is 415 g/mol. The van der Waals surface area contributed by atoms with Crippen molar-refractivity contribution in [2.24, 2.45) is 5.41 Å². The number of imide groups is 1. The molecule has 0 aromatic heterocycles. The molecule has 0 atom stereocenters. The highest BCUT2D eigenvalue weighted by molar-refractivity contribution is 6.21. The van der Waals surface area contributed by atoms with Crippen molar-refractivity contribution < 1.29 is 9.59 Å². The van der Waals surface area contributed by atoms with Gasteiger partial charge in [-0.3, -0.25) is 14.5 Å². The van der Waals surface area contributed by atoms with Gasteiger partial charge in [-0.15, -0.1) is 0 Å². The lowest BCUT2D eigenvalue weighted by Crippen LogP contribution is -2.29. The number of rotatable bonds is 6. The lowest BCUT2D eigenvalue weighted by Gasteiger charge is -2.32. The minimum atomic E-state index is -0.218. The zero-order chi connectivity index (χ0) is 22.6. The third-order valence-corrected chi connectivity index (χ3v) is 6.25. The van der Waals surface area contributed by atoms with Crippen LogP contribution in [0.15, 0.2) is 83.0 Å². The average molecular weight is 416 g/mol. The Kier molecular flexibility index (Phi) is 6.94. The van der Waals surface area contributed by atoms with E-state index in [2.05, 4.69) is 45.9 Å². The molecule has 162 valence electrons. The number of benzene rings is 1. The summed E-state index contributed by atoms with van der Waals surface area (Å²) < 4.78 is 0. The van der Waals surface area contributed by atoms with Crippen molar-refractivity contribution in [1.29, 1.82) is 0 Å². The molecule has 3 heteroatoms. The average Bonchev–Trinajstić information content (AvgIpc) is 2.96. The van der Waals surface area contributed by atoms with Gasteiger partial charge in [0.25, 0.3) is 11.8 Å². The zero-order valence-electron chi connectivity index (χ0n) is 19.4. The van der Waals surface area contributed by atoms with E-state index >= 15 is 0 Å². The molecule has 3 rings (SSSR count). The van der Waals surface area contributed by atoms with Crippen LogP contribution >= 0.6 is 0 Å². The molecule has 1 heterocycles. The summed E-state index contributed by atoms with van der Waals surface area (Å²) in [6.45, 7) is 11.3. The van der Waals surface area contributed by atoms with Crippen LogP contribution in [0.5, 0.6) is 0 Å². The molecule has 0 spiro atoms. The van der Waals surface area contributed by atoms with Gasteiger partial charge in [0.15, 0.2) is 0 Å². The predicted molar refractivity (Wildman–Crippen MR) is 128 cm³/mol. The minimum Gasteiger partial charge on any atom is -0.270 e. The molecule has 2 amide bonds. The molecule has 1 aliphatic carbocycles. The van der Waals surface area contributed by atoms with E-state index in [1.807, 2.05) is 25.2 Å². The first-order valence-electron chi connectivity index (χ1n) is 11.1. The van der Waals surface area contributed by atoms with Gasteiger partial charge in [0.05, 0.1) is 11.1 Å². The molecule has 1 aromatic rings. The van der Waals surface area contributed by atoms with Crippen molar-refractivity contribution in [2.75, 3.05) is 6.54 Å². The van der Waals surface area contributed by atoms with Crippen LogP contribution in [0, 0.1) is 5.41 Å². The maximum absolute atomic E-state index is 12.4. The van der Waals surface area contributed by atoms with Crippen LogP contribution < -0.4 is 0 Å². The molecule has 2 aliphatic rings. The number of hydrogen-bond donors (Lipinski definition) is 0. The molecule has 31 heavy (non-hydrogen) atoms. The first kappa shape index (κ1) is 22.7. The maximum Gasteiger partial charge on any atom is 0.261 e. The second-order valence-corrected chi connectivity index (χ2v) is 9.25. The van der Waals surface area contributed by atoms with Gasteiger partial charge in [0, 0.05) is 6.54 Å². The maximum atomic E-state index is 12.4. The fraction of sp³-hybridized carbons (Fsp3) is 0.357. The normalized spacial score (nSPS) is 19.8. The van der Waals surface area contributed by atoms with Gasteiger partial charge in [-0.05, 0) is 63.2 Å². The summed E-state index contributed by atoms with van der Waals surface area (Å²) >= 11 is 0. The Morgan fingerprint density at radius 2 is 1.68 bits per heavy atom. The van der Waals surface area contributed by atoms with E-state index in [4.69, 9.17) is 0 Å². The number of hydrogen-bond acceptors (Lipinski definition) is 2. The number of amides is 2. The van der Waals surface area contributed by atoms with Crippen molar-refractivity contribution in [3.63, 3.8) is 0 Å². The summed E-state index contributed by atoms with van der Waals surface area (Å²) in [6.07, 6.45) is 16.2. The number of fused-ring (bicyclic) bond motifs is 1. The second-order valence-electron chi connectivity index (χ2n) is 9.25. The second kappa shape index (κ2) is 9.47. The summed E-state index contributed by atoms with van der Waals surface area (Å²) in [6, 6.07) is 6.99. The third-order valence-electron chi connectivity index (χ3n) is 6.25. The molecule has 0 N–H and O–H groups in total. The zero-order valence-corrected chi connectivity index (χ0v) is 19.4. The lowest BCUT2D eigenvalue weighted by molar-refractivity contribution is 0.0672. The van der Waals surface area contributed by atoms with Crippen molar-refractivity contribution in [2.45, 2.75) is 53.9 Å². The number of nitrogens with zero attached hydrogens (tertiary/aromatic N) is 1. The van der Waals surface area contributed by atoms with Crippen molar-refractivity contribution in [3.05, 3.63) is 94.1 Å². The topological polar surface area (TPSA) is 37.4 Å². The molecular formula is C28H33NO2. The van der Waals surface area contributed by atoms with E-state index < -0.39 is 0 Å². The predicted octanol–water partition coefficient (Wildman–Crippen LogP) is 6.81. The van der Waals surface area contributed by atoms with E-state index in [1.54, 1.807) is 24.3 Å². The molecule has 1 aromatic carbocycles. The van der Waals surface area contributed by atoms with E-state index in [0.717, 1.165) is 5.57 Å². The van der Waals surface area contributed by atoms with Gasteiger partial charge < -0.3 is 0 Å². The fourth-order valence-corrected chi connectivity index (χ4v) is 4.34. The first-order valence-corrected chi connectivity index (χ1v) is 11.1. The Morgan fingerprint density at radius 1 is 1.03 bits per heavy atom. The van der Waals surface area contributed by atoms with Crippen molar-refractivity contribution in [3.8, 4) is 0 Å². The van der Waals surface area contributed by atoms with Crippen LogP contribution in [0.25, 0.3) is 0 Å². The largest absolute Gasteiger partial charge is 0.270 e. The summed E-state index contributed by atoms with van der Waals surface area (Å²) in [5.41, 5.74) is 6.40. The standard InChI is InChI=1S/C28H33NO2/c1-20(15-16-25-22(3)12-9-18-28(25,4)5)10-8-11-21(2)17-19-29-26(30)23-13-6-7-14-24(23)27(29)31/h6-8,10-11,13-17H,9,12,18-19H2,1-5H3. The number of carbonyl (C=O) groups excluding carboxylic acids is 2. The SMILES string of the molecule is CC(C=CC1=C(C)CCCC1(C)C)=CC=CC(C)=CCN1C(=O)c2ccccc2C1=O. The highest BCUT2D eigenvalue weighted by atomic mass is 16.2. The van der Waals surface area contributed by atoms with Gasteiger partial charge in [-0.25, -0.2) is 0 Å². The molecule has 0 bridgehead atoms. The highest BCUT2D eigenvalue weighted by Crippen LogP contribution is 2.40. The quantitative estimate of drug-likeness (QED) is 0.378. The van der Waals surface area contributed by atoms with Gasteiger partial charge in [0.1, 0.15) is 0 Å². The Hall–Kier alpha value is -2.94. The third kappa shape index (κ3) is 5.22. The molecule has 3 nitrogen and oxygen atoms in total. The number of carbonyl (C=O) groups is 2. The van der Waals surface area contributed by atoms with Gasteiger partial charge in [-0.1, -0.05) is 79.2 Å². The first-order chi connectivity index (χ1) is 14.7. The molecule has 0 saturated heterocycles. The Balaban J connectivity index is 1.60. The molecule has 0 unspecified atom stereocenters. The van der Waals surface area contributed by atoms with Crippen LogP contribution in [-0.2, 0) is 0 Å². The fourth-order valence-electron chi connectivity index (χ4n) is 4.34. The minimum absolute atomic E-state index is 0.218. The lowest BCUT2D eigenvalue weighted by atomic mass is 9.72. The van der Waals surface area contributed by atoms with Crippen LogP contribution in [0.1, 0.15) is 74.6 Å². The molecule has 0 radical (unpaired) electrons. The van der Waals surface area contributed by atoms with Crippen molar-refractivity contribution >= 4 is 11.8 Å². The molecular weight excluding hydrogens is 382 g/mol. The molecule has 1 aliphatic heterocycles. The Morgan fingerprint density at radius 3 is 2.29 bits per heavy atom. The van der Waals surface area contributed by atoms with Crippen LogP contribution in [0.2, 0.25) is 0 Å². The van der Waals surface area contributed by atoms with E-state index in [1.165, 1.54) is 40.9 Å². The van der Waals surface area contributed by atoms with Crippen molar-refractivity contribution in [1.82, 2.24) is 4.90 Å². The summed E-state index contributed by atoms with van der Waals surface area (Å²) in [5.74, 6) is -0.436. The summed E-state index contributed by atoms with van der Waals surface area (Å²) in [7, 11) is 0. The van der Waals surface area contributed by atoms with Crippen LogP contribution in [0.3, 0.4) is 0 Å². The van der Waals surface area contributed by atoms with Gasteiger partial charge >= 0.3 is 0 Å². The molecule has 0 fully saturated rings. The summed E-state index contributed by atoms with van der Waals surface area (Å²) in [5, 5.41) is 0. The van der Waals surface area contributed by atoms with Gasteiger partial charge in [-0.2, -0.15) is 0 Å². The molecule has 0 saturated carbocycles. The Labute approximate surface area is 186 Å². The van der Waals surface area contributed by atoms with Crippen LogP contribution in [0.4, 0.5) is 0 Å². The number of allylic oxidation sites excluding steroid dienone is 9. The van der Waals surface area contributed by atoms with Gasteiger partial charge in [0.2, 0.25) is 0 Å². The van der Waals surface area contributed by atoms with E-state index in [0.29, 0.717) is 11.1 Å². The van der Waals surface area contributed by atoms with Crippen LogP contribution in [-0.4, -0.2) is 23.3 Å². The van der Waals surface area contributed by atoms with E-state index in [9.17, 15) is 9.59 Å². The smallest absolute Gasteiger partial charge is 0.261 e. The highest BCUT2D eigenvalue weighted by Gasteiger charge is 2.34.